The van der Waals surface area contributed by atoms with Crippen LogP contribution in [0.4, 0.5) is 32.2 Å². The third-order valence-electron chi connectivity index (χ3n) is 6.09. The van der Waals surface area contributed by atoms with Crippen molar-refractivity contribution in [2.45, 2.75) is 37.3 Å². The summed E-state index contributed by atoms with van der Waals surface area (Å²) >= 11 is 0. The molecule has 4 heterocycles. The molecular weight excluding hydrogens is 492 g/mol. The summed E-state index contributed by atoms with van der Waals surface area (Å²) < 4.78 is 79.4. The van der Waals surface area contributed by atoms with E-state index in [-0.39, 0.29) is 28.7 Å². The highest BCUT2D eigenvalue weighted by Gasteiger charge is 2.56. The molecule has 1 aromatic carbocycles. The van der Waals surface area contributed by atoms with Gasteiger partial charge in [-0.2, -0.15) is 27.1 Å². The fourth-order valence-corrected chi connectivity index (χ4v) is 3.97. The third kappa shape index (κ3) is 3.72. The maximum Gasteiger partial charge on any atom is 0.453 e. The summed E-state index contributed by atoms with van der Waals surface area (Å²) in [7, 11) is 0. The Balaban J connectivity index is 1.52. The van der Waals surface area contributed by atoms with Gasteiger partial charge in [0.25, 0.3) is 0 Å². The number of amides is 1. The van der Waals surface area contributed by atoms with E-state index >= 15 is 0 Å². The molecule has 0 aliphatic carbocycles. The molecule has 4 aromatic rings. The largest absolute Gasteiger partial charge is 0.453 e. The van der Waals surface area contributed by atoms with Crippen LogP contribution in [0.1, 0.15) is 30.2 Å². The van der Waals surface area contributed by atoms with Crippen LogP contribution in [0.15, 0.2) is 43.0 Å². The van der Waals surface area contributed by atoms with E-state index in [4.69, 9.17) is 0 Å². The Morgan fingerprint density at radius 1 is 1.06 bits per heavy atom. The van der Waals surface area contributed by atoms with Crippen LogP contribution in [0.25, 0.3) is 17.2 Å². The number of fused-ring (bicyclic) bond motifs is 2. The Hall–Kier alpha value is -4.10. The van der Waals surface area contributed by atoms with Crippen molar-refractivity contribution < 1.29 is 31.1 Å². The number of halogens is 6. The molecule has 36 heavy (non-hydrogen) atoms. The summed E-state index contributed by atoms with van der Waals surface area (Å²) in [5, 5.41) is 6.56. The van der Waals surface area contributed by atoms with Crippen LogP contribution < -0.4 is 5.32 Å². The summed E-state index contributed by atoms with van der Waals surface area (Å²) in [5.74, 6) is -5.68. The highest BCUT2D eigenvalue weighted by molar-refractivity contribution is 6.07. The first-order chi connectivity index (χ1) is 16.9. The van der Waals surface area contributed by atoms with Crippen molar-refractivity contribution in [2.24, 2.45) is 0 Å². The molecule has 1 N–H and O–H groups in total. The Morgan fingerprint density at radius 2 is 1.78 bits per heavy atom. The number of benzene rings is 1. The lowest BCUT2D eigenvalue weighted by atomic mass is 9.78. The second-order valence-corrected chi connectivity index (χ2v) is 8.35. The molecule has 1 atom stereocenters. The molecule has 0 radical (unpaired) electrons. The first-order valence-corrected chi connectivity index (χ1v) is 10.5. The van der Waals surface area contributed by atoms with E-state index in [0.717, 1.165) is 6.33 Å². The summed E-state index contributed by atoms with van der Waals surface area (Å²) in [6.45, 7) is 1.63. The van der Waals surface area contributed by atoms with Crippen LogP contribution in [0.2, 0.25) is 0 Å². The van der Waals surface area contributed by atoms with Crippen molar-refractivity contribution in [1.82, 2.24) is 29.5 Å². The van der Waals surface area contributed by atoms with Crippen molar-refractivity contribution in [3.8, 4) is 11.5 Å². The van der Waals surface area contributed by atoms with Gasteiger partial charge in [0.2, 0.25) is 5.91 Å². The number of hydrogen-bond donors (Lipinski definition) is 1. The quantitative estimate of drug-likeness (QED) is 0.409. The number of alkyl halides is 5. The second kappa shape index (κ2) is 7.96. The standard InChI is InChI=1S/C22H15F6N7O/c1-20(11-2-4-12(23)5-3-11)13-8-29-17(33-16(13)34-19(20)36)15-9-35-18(30-10-31-35)14(32-15)6-7-21(24,25)22(26,27)28/h2-5,8-10H,6-7H2,1H3,(H,29,33,34,36). The SMILES string of the molecule is CC1(c2ccc(F)cc2)C(=O)Nc2nc(-c3cn4ncnc4c(CCC(F)(F)C(F)(F)F)n3)ncc21. The third-order valence-corrected chi connectivity index (χ3v) is 6.09. The first kappa shape index (κ1) is 23.6. The van der Waals surface area contributed by atoms with Gasteiger partial charge < -0.3 is 5.32 Å². The van der Waals surface area contributed by atoms with Gasteiger partial charge in [0.1, 0.15) is 29.1 Å². The highest BCUT2D eigenvalue weighted by atomic mass is 19.4. The normalized spacial score (nSPS) is 17.9. The second-order valence-electron chi connectivity index (χ2n) is 8.35. The topological polar surface area (TPSA) is 98.0 Å². The smallest absolute Gasteiger partial charge is 0.309 e. The predicted octanol–water partition coefficient (Wildman–Crippen LogP) is 4.11. The fraction of sp³-hybridized carbons (Fsp3) is 0.273. The molecule has 3 aromatic heterocycles. The van der Waals surface area contributed by atoms with Gasteiger partial charge in [-0.25, -0.2) is 28.8 Å². The average molecular weight is 507 g/mol. The predicted molar refractivity (Wildman–Crippen MR) is 113 cm³/mol. The molecule has 1 aliphatic rings. The van der Waals surface area contributed by atoms with Gasteiger partial charge in [-0.05, 0) is 31.0 Å². The molecule has 186 valence electrons. The van der Waals surface area contributed by atoms with E-state index in [1.807, 2.05) is 0 Å². The summed E-state index contributed by atoms with van der Waals surface area (Å²) in [6, 6.07) is 5.40. The number of nitrogens with zero attached hydrogens (tertiary/aromatic N) is 6. The van der Waals surface area contributed by atoms with Gasteiger partial charge in [0, 0.05) is 18.2 Å². The zero-order chi connectivity index (χ0) is 25.9. The van der Waals surface area contributed by atoms with E-state index in [1.165, 1.54) is 41.2 Å². The van der Waals surface area contributed by atoms with Crippen LogP contribution in [0.5, 0.6) is 0 Å². The van der Waals surface area contributed by atoms with Gasteiger partial charge in [-0.3, -0.25) is 4.79 Å². The lowest BCUT2D eigenvalue weighted by Gasteiger charge is -2.22. The zero-order valence-corrected chi connectivity index (χ0v) is 18.3. The maximum absolute atomic E-state index is 13.5. The van der Waals surface area contributed by atoms with Gasteiger partial charge in [-0.15, -0.1) is 0 Å². The Morgan fingerprint density at radius 3 is 2.47 bits per heavy atom. The van der Waals surface area contributed by atoms with E-state index in [2.05, 4.69) is 30.4 Å². The molecule has 0 spiro atoms. The van der Waals surface area contributed by atoms with Crippen LogP contribution in [-0.4, -0.2) is 47.6 Å². The van der Waals surface area contributed by atoms with Gasteiger partial charge >= 0.3 is 12.1 Å². The van der Waals surface area contributed by atoms with Gasteiger partial charge in [0.15, 0.2) is 11.5 Å². The molecule has 14 heteroatoms. The van der Waals surface area contributed by atoms with Gasteiger partial charge in [0.05, 0.1) is 11.9 Å². The minimum atomic E-state index is -5.70. The molecule has 0 saturated heterocycles. The molecule has 0 bridgehead atoms. The average Bonchev–Trinajstić information content (AvgIpc) is 3.39. The van der Waals surface area contributed by atoms with E-state index in [0.29, 0.717) is 11.1 Å². The number of carbonyl (C=O) groups excluding carboxylic acids is 1. The van der Waals surface area contributed by atoms with Gasteiger partial charge in [-0.1, -0.05) is 12.1 Å². The lowest BCUT2D eigenvalue weighted by molar-refractivity contribution is -0.284. The van der Waals surface area contributed by atoms with Crippen LogP contribution in [0, 0.1) is 5.82 Å². The number of anilines is 1. The maximum atomic E-state index is 13.5. The minimum Gasteiger partial charge on any atom is -0.309 e. The van der Waals surface area contributed by atoms with E-state index < -0.39 is 42.1 Å². The molecular formula is C22H15F6N7O. The van der Waals surface area contributed by atoms with E-state index in [1.54, 1.807) is 6.92 Å². The number of aromatic nitrogens is 6. The summed E-state index contributed by atoms with van der Waals surface area (Å²) in [5.41, 5.74) is -0.417. The molecule has 1 amide bonds. The highest BCUT2D eigenvalue weighted by Crippen LogP contribution is 2.42. The Kier molecular flexibility index (Phi) is 5.23. The van der Waals surface area contributed by atoms with Crippen molar-refractivity contribution in [1.29, 1.82) is 0 Å². The number of nitrogens with one attached hydrogen (secondary N) is 1. The van der Waals surface area contributed by atoms with E-state index in [9.17, 15) is 31.1 Å². The van der Waals surface area contributed by atoms with Crippen LogP contribution in [0.3, 0.4) is 0 Å². The number of aryl methyl sites for hydroxylation is 1. The molecule has 8 nitrogen and oxygen atoms in total. The van der Waals surface area contributed by atoms with Crippen molar-refractivity contribution in [2.75, 3.05) is 5.32 Å². The number of hydrogen-bond acceptors (Lipinski definition) is 6. The first-order valence-electron chi connectivity index (χ1n) is 10.5. The lowest BCUT2D eigenvalue weighted by Crippen LogP contribution is -2.36. The molecule has 1 unspecified atom stereocenters. The summed E-state index contributed by atoms with van der Waals surface area (Å²) in [6.07, 6.45) is -4.16. The van der Waals surface area contributed by atoms with Crippen LogP contribution >= 0.6 is 0 Å². The number of carbonyl (C=O) groups is 1. The fourth-order valence-electron chi connectivity index (χ4n) is 3.97. The Bertz CT molecular complexity index is 1480. The van der Waals surface area contributed by atoms with Crippen molar-refractivity contribution >= 4 is 17.4 Å². The van der Waals surface area contributed by atoms with Crippen molar-refractivity contribution in [3.05, 3.63) is 65.6 Å². The number of rotatable bonds is 5. The monoisotopic (exact) mass is 507 g/mol. The van der Waals surface area contributed by atoms with Crippen molar-refractivity contribution in [3.63, 3.8) is 0 Å². The molecule has 1 aliphatic heterocycles. The molecule has 5 rings (SSSR count). The molecule has 0 fully saturated rings. The summed E-state index contributed by atoms with van der Waals surface area (Å²) in [4.78, 5) is 29.5. The van der Waals surface area contributed by atoms with Crippen LogP contribution in [-0.2, 0) is 16.6 Å². The Labute approximate surface area is 198 Å². The zero-order valence-electron chi connectivity index (χ0n) is 18.3. The minimum absolute atomic E-state index is 0.00933. The molecule has 0 saturated carbocycles.